The molecule has 0 aromatic rings. The van der Waals surface area contributed by atoms with Gasteiger partial charge in [0.1, 0.15) is 11.1 Å². The van der Waals surface area contributed by atoms with E-state index in [1.165, 1.54) is 12.0 Å². The van der Waals surface area contributed by atoms with Crippen LogP contribution in [-0.2, 0) is 18.7 Å². The summed E-state index contributed by atoms with van der Waals surface area (Å²) in [4.78, 5) is 27.9. The molecule has 1 rings (SSSR count). The van der Waals surface area contributed by atoms with E-state index in [1.54, 1.807) is 20.8 Å². The topological polar surface area (TPSA) is 65.1 Å². The smallest absolute Gasteiger partial charge is 0.411 e. The predicted molar refractivity (Wildman–Crippen MR) is 123 cm³/mol. The number of carbonyl (C=O) groups is 2. The van der Waals surface area contributed by atoms with Crippen molar-refractivity contribution in [1.29, 1.82) is 0 Å². The van der Waals surface area contributed by atoms with Crippen molar-refractivity contribution in [2.75, 3.05) is 13.0 Å². The Morgan fingerprint density at radius 2 is 1.73 bits per heavy atom. The molecule has 0 aromatic carbocycles. The molecule has 8 heteroatoms. The van der Waals surface area contributed by atoms with Crippen molar-refractivity contribution < 1.29 is 23.5 Å². The van der Waals surface area contributed by atoms with Crippen LogP contribution in [-0.4, -0.2) is 61.6 Å². The van der Waals surface area contributed by atoms with E-state index in [9.17, 15) is 9.59 Å². The van der Waals surface area contributed by atoms with Gasteiger partial charge in [0.15, 0.2) is 8.32 Å². The number of amides is 1. The number of carbonyl (C=O) groups excluding carboxylic acids is 2. The van der Waals surface area contributed by atoms with E-state index in [-0.39, 0.29) is 29.5 Å². The summed E-state index contributed by atoms with van der Waals surface area (Å²) in [6.07, 6.45) is -0.392. The van der Waals surface area contributed by atoms with Crippen LogP contribution in [0.2, 0.25) is 18.1 Å². The van der Waals surface area contributed by atoms with Crippen molar-refractivity contribution in [3.8, 4) is 0 Å². The molecule has 0 spiro atoms. The number of nitrogens with zero attached hydrogens (tertiary/aromatic N) is 1. The second-order valence-corrected chi connectivity index (χ2v) is 15.8. The third-order valence-corrected chi connectivity index (χ3v) is 11.0. The van der Waals surface area contributed by atoms with Gasteiger partial charge in [-0.3, -0.25) is 4.90 Å². The molecule has 1 unspecified atom stereocenters. The zero-order valence-electron chi connectivity index (χ0n) is 20.3. The van der Waals surface area contributed by atoms with Gasteiger partial charge in [-0.15, -0.1) is 11.6 Å². The van der Waals surface area contributed by atoms with E-state index in [2.05, 4.69) is 40.4 Å². The fraction of sp³-hybridized carbons (Fsp3) is 0.818. The van der Waals surface area contributed by atoms with Crippen molar-refractivity contribution >= 4 is 32.0 Å². The Kier molecular flexibility index (Phi) is 8.28. The van der Waals surface area contributed by atoms with Crippen molar-refractivity contribution in [1.82, 2.24) is 4.90 Å². The average Bonchev–Trinajstić information content (AvgIpc) is 2.83. The molecular weight excluding hydrogens is 422 g/mol. The highest BCUT2D eigenvalue weighted by molar-refractivity contribution is 6.74. The second kappa shape index (κ2) is 9.21. The highest BCUT2D eigenvalue weighted by atomic mass is 35.5. The van der Waals surface area contributed by atoms with E-state index in [0.29, 0.717) is 12.0 Å². The Morgan fingerprint density at radius 1 is 1.20 bits per heavy atom. The van der Waals surface area contributed by atoms with Crippen LogP contribution in [0.5, 0.6) is 0 Å². The van der Waals surface area contributed by atoms with Crippen LogP contribution < -0.4 is 0 Å². The molecule has 1 aliphatic rings. The standard InChI is InChI=1S/C22H40ClNO5Si/c1-15(14-23)12-22(18(25)27-9)13-17(29-30(10,11)21(6,7)8)16(2)24(22)19(26)28-20(3,4)5/h16-17H,1,12-14H2,2-11H3/t16-,17?,22-/m1/s1. The van der Waals surface area contributed by atoms with Crippen LogP contribution in [0.15, 0.2) is 12.2 Å². The summed E-state index contributed by atoms with van der Waals surface area (Å²) in [7, 11) is -0.831. The van der Waals surface area contributed by atoms with Gasteiger partial charge in [-0.2, -0.15) is 0 Å². The van der Waals surface area contributed by atoms with Crippen molar-refractivity contribution in [3.05, 3.63) is 12.2 Å². The molecule has 0 radical (unpaired) electrons. The lowest BCUT2D eigenvalue weighted by molar-refractivity contribution is -0.154. The zero-order valence-corrected chi connectivity index (χ0v) is 22.1. The Balaban J connectivity index is 3.50. The molecule has 1 heterocycles. The summed E-state index contributed by atoms with van der Waals surface area (Å²) in [5, 5.41) is -0.0142. The van der Waals surface area contributed by atoms with Crippen LogP contribution in [0.25, 0.3) is 0 Å². The minimum atomic E-state index is -2.16. The number of hydrogen-bond donors (Lipinski definition) is 0. The van der Waals surface area contributed by atoms with Gasteiger partial charge in [-0.25, -0.2) is 9.59 Å². The monoisotopic (exact) mass is 461 g/mol. The van der Waals surface area contributed by atoms with Gasteiger partial charge in [0, 0.05) is 18.7 Å². The summed E-state index contributed by atoms with van der Waals surface area (Å²) < 4.78 is 17.5. The number of methoxy groups -OCH3 is 1. The summed E-state index contributed by atoms with van der Waals surface area (Å²) in [5.74, 6) is -0.323. The lowest BCUT2D eigenvalue weighted by Crippen LogP contribution is -2.57. The number of hydrogen-bond acceptors (Lipinski definition) is 5. The molecule has 3 atom stereocenters. The molecule has 1 saturated heterocycles. The molecule has 0 saturated carbocycles. The Morgan fingerprint density at radius 3 is 2.13 bits per heavy atom. The van der Waals surface area contributed by atoms with Gasteiger partial charge in [0.25, 0.3) is 0 Å². The number of rotatable bonds is 6. The lowest BCUT2D eigenvalue weighted by Gasteiger charge is -2.40. The third-order valence-electron chi connectivity index (χ3n) is 6.08. The molecule has 0 bridgehead atoms. The molecule has 6 nitrogen and oxygen atoms in total. The maximum Gasteiger partial charge on any atom is 0.411 e. The van der Waals surface area contributed by atoms with E-state index in [1.807, 2.05) is 6.92 Å². The number of esters is 1. The molecule has 30 heavy (non-hydrogen) atoms. The normalized spacial score (nSPS) is 25.2. The maximum atomic E-state index is 13.3. The molecule has 1 fully saturated rings. The van der Waals surface area contributed by atoms with Crippen LogP contribution >= 0.6 is 11.6 Å². The number of alkyl halides is 1. The summed E-state index contributed by atoms with van der Waals surface area (Å²) in [6.45, 7) is 22.1. The minimum absolute atomic E-state index is 0.0142. The van der Waals surface area contributed by atoms with Gasteiger partial charge in [0.2, 0.25) is 0 Å². The van der Waals surface area contributed by atoms with Gasteiger partial charge < -0.3 is 13.9 Å². The second-order valence-electron chi connectivity index (χ2n) is 10.8. The van der Waals surface area contributed by atoms with Crippen LogP contribution in [0.1, 0.15) is 61.3 Å². The SMILES string of the molecule is C=C(CCl)C[C@]1(C(=O)OC)CC(O[Si](C)(C)C(C)(C)C)[C@@H](C)N1C(=O)OC(C)(C)C. The van der Waals surface area contributed by atoms with Crippen molar-refractivity contribution in [3.63, 3.8) is 0 Å². The first kappa shape index (κ1) is 27.0. The van der Waals surface area contributed by atoms with E-state index >= 15 is 0 Å². The van der Waals surface area contributed by atoms with Gasteiger partial charge in [-0.1, -0.05) is 32.9 Å². The van der Waals surface area contributed by atoms with E-state index < -0.39 is 31.5 Å². The van der Waals surface area contributed by atoms with Crippen LogP contribution in [0.3, 0.4) is 0 Å². The Labute approximate surface area is 188 Å². The fourth-order valence-electron chi connectivity index (χ4n) is 3.57. The predicted octanol–water partition coefficient (Wildman–Crippen LogP) is 5.50. The average molecular weight is 462 g/mol. The maximum absolute atomic E-state index is 13.3. The largest absolute Gasteiger partial charge is 0.467 e. The van der Waals surface area contributed by atoms with Crippen molar-refractivity contribution in [2.24, 2.45) is 0 Å². The number of ether oxygens (including phenoxy) is 2. The summed E-state index contributed by atoms with van der Waals surface area (Å²) in [6, 6.07) is -0.379. The molecule has 1 amide bonds. The molecule has 1 aliphatic heterocycles. The quantitative estimate of drug-likeness (QED) is 0.226. The van der Waals surface area contributed by atoms with Gasteiger partial charge >= 0.3 is 12.1 Å². The van der Waals surface area contributed by atoms with Gasteiger partial charge in [0.05, 0.1) is 19.3 Å². The first-order valence-electron chi connectivity index (χ1n) is 10.4. The lowest BCUT2D eigenvalue weighted by atomic mass is 9.88. The molecule has 0 aromatic heterocycles. The zero-order chi connectivity index (χ0) is 23.7. The molecular formula is C22H40ClNO5Si. The Hall–Kier alpha value is -1.05. The van der Waals surface area contributed by atoms with Crippen molar-refractivity contribution in [2.45, 2.75) is 103 Å². The Bertz CT molecular complexity index is 667. The summed E-state index contributed by atoms with van der Waals surface area (Å²) >= 11 is 6.00. The molecule has 0 N–H and O–H groups in total. The van der Waals surface area contributed by atoms with E-state index in [0.717, 1.165) is 0 Å². The molecule has 174 valence electrons. The van der Waals surface area contributed by atoms with Crippen LogP contribution in [0, 0.1) is 0 Å². The first-order chi connectivity index (χ1) is 13.4. The molecule has 0 aliphatic carbocycles. The van der Waals surface area contributed by atoms with Gasteiger partial charge in [-0.05, 0) is 45.8 Å². The summed E-state index contributed by atoms with van der Waals surface area (Å²) in [5.41, 5.74) is -1.33. The van der Waals surface area contributed by atoms with E-state index in [4.69, 9.17) is 25.5 Å². The minimum Gasteiger partial charge on any atom is -0.467 e. The highest BCUT2D eigenvalue weighted by Crippen LogP contribution is 2.45. The highest BCUT2D eigenvalue weighted by Gasteiger charge is 2.60. The first-order valence-corrected chi connectivity index (χ1v) is 13.9. The fourth-order valence-corrected chi connectivity index (χ4v) is 5.05. The number of halogens is 1. The third kappa shape index (κ3) is 5.80. The number of likely N-dealkylation sites (tertiary alicyclic amines) is 1. The van der Waals surface area contributed by atoms with Crippen LogP contribution in [0.4, 0.5) is 4.79 Å².